The molecule has 0 fully saturated rings. The molecule has 1 aromatic carbocycles. The molecule has 0 aliphatic carbocycles. The minimum atomic E-state index is -0.854. The maximum atomic E-state index is 9.77. The van der Waals surface area contributed by atoms with Crippen molar-refractivity contribution in [2.75, 3.05) is 0 Å². The minimum absolute atomic E-state index is 0.0900. The van der Waals surface area contributed by atoms with Crippen LogP contribution in [0.2, 0.25) is 0 Å². The second-order valence-corrected chi connectivity index (χ2v) is 2.16. The van der Waals surface area contributed by atoms with Crippen molar-refractivity contribution in [3.8, 4) is 5.75 Å². The average molecular weight is 199 g/mol. The summed E-state index contributed by atoms with van der Waals surface area (Å²) >= 11 is 0. The van der Waals surface area contributed by atoms with Crippen molar-refractivity contribution in [2.45, 2.75) is 20.5 Å². The third-order valence-electron chi connectivity index (χ3n) is 1.27. The van der Waals surface area contributed by atoms with Gasteiger partial charge in [-0.05, 0) is 17.7 Å². The Labute approximate surface area is 82.0 Å². The molecular weight excluding hydrogens is 186 g/mol. The van der Waals surface area contributed by atoms with Crippen molar-refractivity contribution >= 4 is 0 Å². The van der Waals surface area contributed by atoms with Gasteiger partial charge in [-0.1, -0.05) is 26.0 Å². The van der Waals surface area contributed by atoms with Gasteiger partial charge in [-0.15, -0.1) is 10.1 Å². The molecular formula is C9H13NO4. The Hall–Kier alpha value is -1.78. The second kappa shape index (κ2) is 6.71. The number of benzene rings is 1. The summed E-state index contributed by atoms with van der Waals surface area (Å²) in [4.78, 5) is 13.9. The van der Waals surface area contributed by atoms with E-state index in [9.17, 15) is 10.1 Å². The molecule has 0 unspecified atom stereocenters. The molecule has 1 rings (SSSR count). The van der Waals surface area contributed by atoms with E-state index in [0.29, 0.717) is 5.56 Å². The fraction of sp³-hybridized carbons (Fsp3) is 0.333. The molecule has 0 aliphatic heterocycles. The summed E-state index contributed by atoms with van der Waals surface area (Å²) in [6.45, 7) is 3.91. The van der Waals surface area contributed by atoms with E-state index >= 15 is 0 Å². The average Bonchev–Trinajstić information content (AvgIpc) is 2.20. The van der Waals surface area contributed by atoms with Gasteiger partial charge in [0.15, 0.2) is 0 Å². The highest BCUT2D eigenvalue weighted by Crippen LogP contribution is 2.09. The number of phenolic OH excluding ortho intramolecular Hbond substituents is 1. The standard InChI is InChI=1S/C7H7NO4.C2H6/c9-7-3-1-6(2-4-7)5-12-8(10)11;1-2/h1-4,9H,5H2;1-2H3. The maximum Gasteiger partial charge on any atom is 0.294 e. The fourth-order valence-electron chi connectivity index (χ4n) is 0.719. The Morgan fingerprint density at radius 2 is 1.86 bits per heavy atom. The van der Waals surface area contributed by atoms with Crippen molar-refractivity contribution in [2.24, 2.45) is 0 Å². The zero-order chi connectivity index (χ0) is 11.0. The van der Waals surface area contributed by atoms with Crippen molar-refractivity contribution < 1.29 is 15.0 Å². The summed E-state index contributed by atoms with van der Waals surface area (Å²) in [6.07, 6.45) is 0. The van der Waals surface area contributed by atoms with Crippen LogP contribution >= 0.6 is 0 Å². The number of rotatable bonds is 3. The Bertz CT molecular complexity index is 271. The van der Waals surface area contributed by atoms with E-state index in [-0.39, 0.29) is 12.4 Å². The summed E-state index contributed by atoms with van der Waals surface area (Å²) in [5.74, 6) is 0.125. The van der Waals surface area contributed by atoms with Crippen molar-refractivity contribution in [3.05, 3.63) is 39.9 Å². The molecule has 0 saturated heterocycles. The number of phenols is 1. The van der Waals surface area contributed by atoms with E-state index in [1.54, 1.807) is 12.1 Å². The number of hydrogen-bond acceptors (Lipinski definition) is 4. The van der Waals surface area contributed by atoms with Gasteiger partial charge in [-0.2, -0.15) is 0 Å². The van der Waals surface area contributed by atoms with Crippen LogP contribution in [0.1, 0.15) is 19.4 Å². The van der Waals surface area contributed by atoms with E-state index in [4.69, 9.17) is 5.11 Å². The summed E-state index contributed by atoms with van der Waals surface area (Å²) in [5.41, 5.74) is 0.643. The Kier molecular flexibility index (Phi) is 5.85. The Balaban J connectivity index is 0.000000791. The molecule has 14 heavy (non-hydrogen) atoms. The van der Waals surface area contributed by atoms with Crippen LogP contribution in [0.5, 0.6) is 5.75 Å². The van der Waals surface area contributed by atoms with Gasteiger partial charge in [0.05, 0.1) is 0 Å². The van der Waals surface area contributed by atoms with E-state index in [1.165, 1.54) is 12.1 Å². The van der Waals surface area contributed by atoms with Gasteiger partial charge in [0, 0.05) is 0 Å². The van der Waals surface area contributed by atoms with Gasteiger partial charge < -0.3 is 9.94 Å². The number of nitrogens with zero attached hydrogens (tertiary/aromatic N) is 1. The second-order valence-electron chi connectivity index (χ2n) is 2.16. The first-order chi connectivity index (χ1) is 6.68. The first-order valence-corrected chi connectivity index (χ1v) is 4.23. The summed E-state index contributed by atoms with van der Waals surface area (Å²) < 4.78 is 0. The van der Waals surface area contributed by atoms with Gasteiger partial charge in [-0.3, -0.25) is 0 Å². The molecule has 5 nitrogen and oxygen atoms in total. The van der Waals surface area contributed by atoms with Gasteiger partial charge in [0.2, 0.25) is 0 Å². The topological polar surface area (TPSA) is 72.6 Å². The van der Waals surface area contributed by atoms with E-state index < -0.39 is 5.09 Å². The molecule has 78 valence electrons. The Morgan fingerprint density at radius 3 is 2.29 bits per heavy atom. The van der Waals surface area contributed by atoms with Crippen LogP contribution < -0.4 is 0 Å². The van der Waals surface area contributed by atoms with Crippen LogP contribution in [0.25, 0.3) is 0 Å². The first kappa shape index (κ1) is 12.2. The maximum absolute atomic E-state index is 9.77. The summed E-state index contributed by atoms with van der Waals surface area (Å²) in [6, 6.07) is 5.99. The molecule has 0 spiro atoms. The van der Waals surface area contributed by atoms with Crippen LogP contribution in [0, 0.1) is 10.1 Å². The Morgan fingerprint density at radius 1 is 1.36 bits per heavy atom. The van der Waals surface area contributed by atoms with Gasteiger partial charge >= 0.3 is 0 Å². The van der Waals surface area contributed by atoms with E-state index in [0.717, 1.165) is 0 Å². The molecule has 0 radical (unpaired) electrons. The molecule has 0 bridgehead atoms. The SMILES string of the molecule is CC.O=[N+]([O-])OCc1ccc(O)cc1. The molecule has 0 aliphatic rings. The summed E-state index contributed by atoms with van der Waals surface area (Å²) in [7, 11) is 0. The zero-order valence-electron chi connectivity index (χ0n) is 8.14. The third kappa shape index (κ3) is 4.97. The molecule has 5 heteroatoms. The quantitative estimate of drug-likeness (QED) is 0.597. The van der Waals surface area contributed by atoms with E-state index in [2.05, 4.69) is 4.84 Å². The molecule has 1 N–H and O–H groups in total. The van der Waals surface area contributed by atoms with Crippen LogP contribution in [0.15, 0.2) is 24.3 Å². The van der Waals surface area contributed by atoms with Crippen LogP contribution in [0.3, 0.4) is 0 Å². The zero-order valence-corrected chi connectivity index (χ0v) is 8.14. The van der Waals surface area contributed by atoms with Gasteiger partial charge in [0.25, 0.3) is 5.09 Å². The van der Waals surface area contributed by atoms with Gasteiger partial charge in [0.1, 0.15) is 12.4 Å². The van der Waals surface area contributed by atoms with E-state index in [1.807, 2.05) is 13.8 Å². The number of hydrogen-bond donors (Lipinski definition) is 1. The predicted octanol–water partition coefficient (Wildman–Crippen LogP) is 2.13. The number of aromatic hydroxyl groups is 1. The lowest BCUT2D eigenvalue weighted by molar-refractivity contribution is -0.763. The van der Waals surface area contributed by atoms with Crippen molar-refractivity contribution in [1.82, 2.24) is 0 Å². The van der Waals surface area contributed by atoms with Crippen molar-refractivity contribution in [1.29, 1.82) is 0 Å². The highest BCUT2D eigenvalue weighted by atomic mass is 16.9. The first-order valence-electron chi connectivity index (χ1n) is 4.23. The summed E-state index contributed by atoms with van der Waals surface area (Å²) in [5, 5.41) is 17.8. The molecule has 0 heterocycles. The van der Waals surface area contributed by atoms with Crippen LogP contribution in [-0.4, -0.2) is 10.2 Å². The molecule has 0 atom stereocenters. The largest absolute Gasteiger partial charge is 0.508 e. The lowest BCUT2D eigenvalue weighted by Gasteiger charge is -1.98. The molecule has 0 saturated carbocycles. The van der Waals surface area contributed by atoms with Crippen LogP contribution in [-0.2, 0) is 11.4 Å². The lowest BCUT2D eigenvalue weighted by atomic mass is 10.2. The highest BCUT2D eigenvalue weighted by Gasteiger charge is 1.96. The molecule has 0 aromatic heterocycles. The van der Waals surface area contributed by atoms with Gasteiger partial charge in [-0.25, -0.2) is 0 Å². The smallest absolute Gasteiger partial charge is 0.294 e. The predicted molar refractivity (Wildman–Crippen MR) is 51.2 cm³/mol. The third-order valence-corrected chi connectivity index (χ3v) is 1.27. The monoisotopic (exact) mass is 199 g/mol. The van der Waals surface area contributed by atoms with Crippen molar-refractivity contribution in [3.63, 3.8) is 0 Å². The lowest BCUT2D eigenvalue weighted by Crippen LogP contribution is -1.99. The normalized spacial score (nSPS) is 8.43. The molecule has 0 amide bonds. The fourth-order valence-corrected chi connectivity index (χ4v) is 0.719. The highest BCUT2D eigenvalue weighted by molar-refractivity contribution is 5.25. The van der Waals surface area contributed by atoms with Crippen LogP contribution in [0.4, 0.5) is 0 Å². The minimum Gasteiger partial charge on any atom is -0.508 e. The molecule has 1 aromatic rings.